The molecule has 9 heteroatoms. The number of amides is 2. The number of nitrogens with zero attached hydrogens (tertiary/aromatic N) is 2. The highest BCUT2D eigenvalue weighted by molar-refractivity contribution is 8.26. The first-order valence-electron chi connectivity index (χ1n) is 10.3. The molecule has 1 atom stereocenters. The van der Waals surface area contributed by atoms with Gasteiger partial charge in [-0.15, -0.1) is 0 Å². The average molecular weight is 457 g/mol. The molecule has 0 aromatic heterocycles. The fourth-order valence-electron chi connectivity index (χ4n) is 3.47. The minimum atomic E-state index is -0.417. The average Bonchev–Trinajstić information content (AvgIpc) is 3.27. The minimum Gasteiger partial charge on any atom is -0.491 e. The molecule has 0 saturated carbocycles. The zero-order valence-electron chi connectivity index (χ0n) is 17.9. The van der Waals surface area contributed by atoms with Crippen LogP contribution in [0.25, 0.3) is 0 Å². The maximum atomic E-state index is 12.3. The molecular formula is C23H24N2O6S. The van der Waals surface area contributed by atoms with Crippen molar-refractivity contribution in [2.75, 3.05) is 24.6 Å². The van der Waals surface area contributed by atoms with E-state index < -0.39 is 12.2 Å². The van der Waals surface area contributed by atoms with E-state index in [1.165, 1.54) is 4.90 Å². The Balaban J connectivity index is 1.31. The molecular weight excluding hydrogens is 432 g/mol. The highest BCUT2D eigenvalue weighted by Crippen LogP contribution is 2.26. The van der Waals surface area contributed by atoms with Gasteiger partial charge >= 0.3 is 6.09 Å². The van der Waals surface area contributed by atoms with Crippen LogP contribution in [0.3, 0.4) is 0 Å². The lowest BCUT2D eigenvalue weighted by Crippen LogP contribution is -2.26. The summed E-state index contributed by atoms with van der Waals surface area (Å²) in [5.74, 6) is 1.35. The molecule has 2 amide bonds. The molecule has 0 aliphatic carbocycles. The normalized spacial score (nSPS) is 18.5. The molecule has 4 rings (SSSR count). The Hall–Kier alpha value is -3.20. The number of benzene rings is 2. The van der Waals surface area contributed by atoms with Crippen LogP contribution < -0.4 is 14.4 Å². The van der Waals surface area contributed by atoms with Crippen LogP contribution in [-0.2, 0) is 16.1 Å². The van der Waals surface area contributed by atoms with E-state index in [1.54, 1.807) is 11.0 Å². The van der Waals surface area contributed by atoms with Gasteiger partial charge in [-0.1, -0.05) is 12.1 Å². The molecule has 0 N–H and O–H groups in total. The van der Waals surface area contributed by atoms with E-state index in [0.717, 1.165) is 28.8 Å². The maximum Gasteiger partial charge on any atom is 0.414 e. The molecule has 32 heavy (non-hydrogen) atoms. The maximum absolute atomic E-state index is 12.3. The van der Waals surface area contributed by atoms with Crippen LogP contribution in [-0.4, -0.2) is 53.3 Å². The van der Waals surface area contributed by atoms with Crippen molar-refractivity contribution in [3.05, 3.63) is 54.1 Å². The Labute approximate surface area is 190 Å². The number of carbonyl (C=O) groups excluding carboxylic acids is 3. The van der Waals surface area contributed by atoms with Crippen molar-refractivity contribution in [3.63, 3.8) is 0 Å². The molecule has 2 aromatic carbocycles. The van der Waals surface area contributed by atoms with Gasteiger partial charge < -0.3 is 19.1 Å². The molecule has 0 spiro atoms. The number of cyclic esters (lactones) is 1. The van der Waals surface area contributed by atoms with Gasteiger partial charge in [-0.2, -0.15) is 0 Å². The standard InChI is InChI=1S/C23H24N2O6S/c1-15(2)30-18-8-6-17(7-9-18)25-12-20(31-22(25)27)14-29-19-5-3-4-16(10-19)11-24-13-21(26)32-23(24)28/h3-10,15,20H,11-14H2,1-2H3. The molecule has 1 unspecified atom stereocenters. The SMILES string of the molecule is CC(C)Oc1ccc(N2CC(COc3cccc(CN4CC(=O)SC4=O)c3)OC2=O)cc1. The van der Waals surface area contributed by atoms with E-state index in [1.807, 2.05) is 56.3 Å². The van der Waals surface area contributed by atoms with Gasteiger partial charge in [0.2, 0.25) is 5.12 Å². The van der Waals surface area contributed by atoms with Crippen LogP contribution in [0, 0.1) is 0 Å². The third-order valence-corrected chi connectivity index (χ3v) is 5.67. The zero-order valence-corrected chi connectivity index (χ0v) is 18.7. The number of rotatable bonds is 8. The topological polar surface area (TPSA) is 85.4 Å². The van der Waals surface area contributed by atoms with E-state index in [4.69, 9.17) is 14.2 Å². The summed E-state index contributed by atoms with van der Waals surface area (Å²) in [5, 5.41) is -0.375. The van der Waals surface area contributed by atoms with E-state index >= 15 is 0 Å². The fraction of sp³-hybridized carbons (Fsp3) is 0.348. The number of anilines is 1. The highest BCUT2D eigenvalue weighted by Gasteiger charge is 2.33. The Kier molecular flexibility index (Phi) is 6.55. The summed E-state index contributed by atoms with van der Waals surface area (Å²) in [6, 6.07) is 14.6. The smallest absolute Gasteiger partial charge is 0.414 e. The fourth-order valence-corrected chi connectivity index (χ4v) is 4.15. The van der Waals surface area contributed by atoms with Crippen LogP contribution in [0.4, 0.5) is 15.3 Å². The van der Waals surface area contributed by atoms with Gasteiger partial charge in [-0.25, -0.2) is 4.79 Å². The van der Waals surface area contributed by atoms with Crippen LogP contribution in [0.5, 0.6) is 11.5 Å². The second kappa shape index (κ2) is 9.52. The van der Waals surface area contributed by atoms with Crippen LogP contribution in [0.15, 0.2) is 48.5 Å². The molecule has 0 bridgehead atoms. The molecule has 2 aliphatic heterocycles. The Bertz CT molecular complexity index is 1010. The number of carbonyl (C=O) groups is 3. The molecule has 8 nitrogen and oxygen atoms in total. The molecule has 168 valence electrons. The molecule has 0 radical (unpaired) electrons. The van der Waals surface area contributed by atoms with Crippen molar-refractivity contribution in [3.8, 4) is 11.5 Å². The van der Waals surface area contributed by atoms with Gasteiger partial charge in [-0.3, -0.25) is 14.5 Å². The summed E-state index contributed by atoms with van der Waals surface area (Å²) in [5.41, 5.74) is 1.60. The second-order valence-electron chi connectivity index (χ2n) is 7.83. The summed E-state index contributed by atoms with van der Waals surface area (Å²) in [4.78, 5) is 38.6. The van der Waals surface area contributed by atoms with E-state index in [2.05, 4.69) is 0 Å². The van der Waals surface area contributed by atoms with Crippen LogP contribution >= 0.6 is 11.8 Å². The van der Waals surface area contributed by atoms with Gasteiger partial charge in [0.25, 0.3) is 5.24 Å². The van der Waals surface area contributed by atoms with E-state index in [-0.39, 0.29) is 29.6 Å². The molecule has 2 fully saturated rings. The van der Waals surface area contributed by atoms with E-state index in [9.17, 15) is 14.4 Å². The van der Waals surface area contributed by atoms with Gasteiger partial charge in [0.05, 0.1) is 19.2 Å². The summed E-state index contributed by atoms with van der Waals surface area (Å²) in [6.45, 7) is 4.96. The molecule has 2 aliphatic rings. The molecule has 2 aromatic rings. The first kappa shape index (κ1) is 22.0. The van der Waals surface area contributed by atoms with Crippen molar-refractivity contribution < 1.29 is 28.6 Å². The third-order valence-electron chi connectivity index (χ3n) is 4.88. The van der Waals surface area contributed by atoms with Crippen molar-refractivity contribution in [1.82, 2.24) is 4.90 Å². The minimum absolute atomic E-state index is 0.0786. The lowest BCUT2D eigenvalue weighted by molar-refractivity contribution is -0.110. The predicted molar refractivity (Wildman–Crippen MR) is 120 cm³/mol. The van der Waals surface area contributed by atoms with Crippen molar-refractivity contribution in [1.29, 1.82) is 0 Å². The van der Waals surface area contributed by atoms with Gasteiger partial charge in [0.1, 0.15) is 18.1 Å². The van der Waals surface area contributed by atoms with Gasteiger partial charge in [0, 0.05) is 24.0 Å². The monoisotopic (exact) mass is 456 g/mol. The Morgan fingerprint density at radius 3 is 2.56 bits per heavy atom. The lowest BCUT2D eigenvalue weighted by atomic mass is 10.2. The van der Waals surface area contributed by atoms with E-state index in [0.29, 0.717) is 18.8 Å². The van der Waals surface area contributed by atoms with Crippen LogP contribution in [0.2, 0.25) is 0 Å². The number of hydrogen-bond donors (Lipinski definition) is 0. The summed E-state index contributed by atoms with van der Waals surface area (Å²) >= 11 is 0.737. The number of thioether (sulfide) groups is 1. The predicted octanol–water partition coefficient (Wildman–Crippen LogP) is 4.07. The van der Waals surface area contributed by atoms with Crippen molar-refractivity contribution in [2.45, 2.75) is 32.6 Å². The summed E-state index contributed by atoms with van der Waals surface area (Å²) in [7, 11) is 0. The quantitative estimate of drug-likeness (QED) is 0.592. The summed E-state index contributed by atoms with van der Waals surface area (Å²) < 4.78 is 16.9. The van der Waals surface area contributed by atoms with Crippen molar-refractivity contribution >= 4 is 33.9 Å². The largest absolute Gasteiger partial charge is 0.491 e. The van der Waals surface area contributed by atoms with Crippen LogP contribution in [0.1, 0.15) is 19.4 Å². The first-order valence-corrected chi connectivity index (χ1v) is 11.2. The number of ether oxygens (including phenoxy) is 3. The highest BCUT2D eigenvalue weighted by atomic mass is 32.2. The number of hydrogen-bond acceptors (Lipinski definition) is 7. The summed E-state index contributed by atoms with van der Waals surface area (Å²) in [6.07, 6.45) is -0.749. The zero-order chi connectivity index (χ0) is 22.7. The second-order valence-corrected chi connectivity index (χ2v) is 8.84. The van der Waals surface area contributed by atoms with Crippen molar-refractivity contribution in [2.24, 2.45) is 0 Å². The molecule has 2 saturated heterocycles. The van der Waals surface area contributed by atoms with Gasteiger partial charge in [0.15, 0.2) is 6.10 Å². The first-order chi connectivity index (χ1) is 15.4. The lowest BCUT2D eigenvalue weighted by Gasteiger charge is -2.16. The van der Waals surface area contributed by atoms with Gasteiger partial charge in [-0.05, 0) is 55.8 Å². The Morgan fingerprint density at radius 2 is 1.88 bits per heavy atom. The molecule has 2 heterocycles. The Morgan fingerprint density at radius 1 is 1.09 bits per heavy atom. The third kappa shape index (κ3) is 5.34.